The smallest absolute Gasteiger partial charge is 0.271 e. The molecule has 2 N–H and O–H groups in total. The molecule has 2 atom stereocenters. The summed E-state index contributed by atoms with van der Waals surface area (Å²) in [7, 11) is 0. The largest absolute Gasteiger partial charge is 0.369 e. The second-order valence-electron chi connectivity index (χ2n) is 4.51. The summed E-state index contributed by atoms with van der Waals surface area (Å²) in [5.74, 6) is 1.18. The standard InChI is InChI=1S/C12H18N4O/c1-3-4-13-11-7-14-10(6-15-11)12(17)16-9-5-8(9)2/h6-9H,3-5H2,1-2H3,(H,13,15)(H,16,17). The van der Waals surface area contributed by atoms with E-state index in [9.17, 15) is 4.79 Å². The highest BCUT2D eigenvalue weighted by molar-refractivity contribution is 5.92. The molecule has 0 radical (unpaired) electrons. The summed E-state index contributed by atoms with van der Waals surface area (Å²) < 4.78 is 0. The number of amides is 1. The molecule has 5 heteroatoms. The molecule has 0 aliphatic heterocycles. The number of hydrogen-bond acceptors (Lipinski definition) is 4. The topological polar surface area (TPSA) is 66.9 Å². The predicted octanol–water partition coefficient (Wildman–Crippen LogP) is 1.44. The quantitative estimate of drug-likeness (QED) is 0.809. The number of anilines is 1. The Morgan fingerprint density at radius 2 is 2.24 bits per heavy atom. The van der Waals surface area contributed by atoms with Gasteiger partial charge in [-0.25, -0.2) is 9.97 Å². The molecule has 1 aliphatic carbocycles. The van der Waals surface area contributed by atoms with Crippen LogP contribution in [0.25, 0.3) is 0 Å². The molecule has 1 fully saturated rings. The second kappa shape index (κ2) is 5.12. The van der Waals surface area contributed by atoms with Crippen molar-refractivity contribution in [2.75, 3.05) is 11.9 Å². The van der Waals surface area contributed by atoms with E-state index in [0.29, 0.717) is 23.5 Å². The first-order chi connectivity index (χ1) is 8.20. The fourth-order valence-electron chi connectivity index (χ4n) is 1.56. The lowest BCUT2D eigenvalue weighted by molar-refractivity contribution is 0.0944. The second-order valence-corrected chi connectivity index (χ2v) is 4.51. The maximum atomic E-state index is 11.7. The molecule has 1 aliphatic rings. The minimum Gasteiger partial charge on any atom is -0.369 e. The Labute approximate surface area is 101 Å². The van der Waals surface area contributed by atoms with Crippen LogP contribution in [0, 0.1) is 5.92 Å². The van der Waals surface area contributed by atoms with Crippen molar-refractivity contribution in [3.05, 3.63) is 18.1 Å². The molecule has 1 saturated carbocycles. The average molecular weight is 234 g/mol. The zero-order valence-electron chi connectivity index (χ0n) is 10.2. The number of carbonyl (C=O) groups is 1. The van der Waals surface area contributed by atoms with Gasteiger partial charge in [0.2, 0.25) is 0 Å². The summed E-state index contributed by atoms with van der Waals surface area (Å²) >= 11 is 0. The lowest BCUT2D eigenvalue weighted by Gasteiger charge is -2.05. The predicted molar refractivity (Wildman–Crippen MR) is 65.8 cm³/mol. The van der Waals surface area contributed by atoms with Crippen molar-refractivity contribution in [3.63, 3.8) is 0 Å². The van der Waals surface area contributed by atoms with Crippen molar-refractivity contribution in [2.45, 2.75) is 32.7 Å². The van der Waals surface area contributed by atoms with E-state index >= 15 is 0 Å². The van der Waals surface area contributed by atoms with Gasteiger partial charge in [-0.1, -0.05) is 13.8 Å². The van der Waals surface area contributed by atoms with Gasteiger partial charge in [0, 0.05) is 12.6 Å². The van der Waals surface area contributed by atoms with Crippen molar-refractivity contribution in [2.24, 2.45) is 5.92 Å². The Bertz CT molecular complexity index is 390. The van der Waals surface area contributed by atoms with Crippen LogP contribution in [0.3, 0.4) is 0 Å². The number of aromatic nitrogens is 2. The zero-order valence-corrected chi connectivity index (χ0v) is 10.2. The monoisotopic (exact) mass is 234 g/mol. The lowest BCUT2D eigenvalue weighted by Crippen LogP contribution is -2.27. The molecule has 2 unspecified atom stereocenters. The molecule has 1 aromatic heterocycles. The van der Waals surface area contributed by atoms with Gasteiger partial charge in [0.1, 0.15) is 11.5 Å². The average Bonchev–Trinajstić information content (AvgIpc) is 3.03. The minimum absolute atomic E-state index is 0.131. The van der Waals surface area contributed by atoms with Gasteiger partial charge in [-0.15, -0.1) is 0 Å². The molecule has 17 heavy (non-hydrogen) atoms. The Hall–Kier alpha value is -1.65. The third kappa shape index (κ3) is 3.15. The fraction of sp³-hybridized carbons (Fsp3) is 0.583. The number of carbonyl (C=O) groups excluding carboxylic acids is 1. The molecular formula is C12H18N4O. The molecule has 0 aromatic carbocycles. The summed E-state index contributed by atoms with van der Waals surface area (Å²) in [5.41, 5.74) is 0.381. The first kappa shape index (κ1) is 11.8. The fourth-order valence-corrected chi connectivity index (χ4v) is 1.56. The molecule has 0 saturated heterocycles. The summed E-state index contributed by atoms with van der Waals surface area (Å²) in [6.45, 7) is 5.06. The molecule has 2 rings (SSSR count). The first-order valence-electron chi connectivity index (χ1n) is 6.07. The van der Waals surface area contributed by atoms with Crippen molar-refractivity contribution in [1.82, 2.24) is 15.3 Å². The Morgan fingerprint density at radius 3 is 2.76 bits per heavy atom. The van der Waals surface area contributed by atoms with E-state index in [1.165, 1.54) is 6.20 Å². The number of hydrogen-bond donors (Lipinski definition) is 2. The normalized spacial score (nSPS) is 22.0. The summed E-state index contributed by atoms with van der Waals surface area (Å²) in [6, 6.07) is 0.321. The van der Waals surface area contributed by atoms with E-state index in [1.807, 2.05) is 0 Å². The molecular weight excluding hydrogens is 216 g/mol. The van der Waals surface area contributed by atoms with Gasteiger partial charge in [-0.2, -0.15) is 0 Å². The van der Waals surface area contributed by atoms with Crippen LogP contribution >= 0.6 is 0 Å². The van der Waals surface area contributed by atoms with E-state index in [0.717, 1.165) is 19.4 Å². The van der Waals surface area contributed by atoms with Crippen LogP contribution in [0.2, 0.25) is 0 Å². The Balaban J connectivity index is 1.90. The van der Waals surface area contributed by atoms with Crippen molar-refractivity contribution < 1.29 is 4.79 Å². The van der Waals surface area contributed by atoms with Crippen LogP contribution in [0.1, 0.15) is 37.2 Å². The van der Waals surface area contributed by atoms with Gasteiger partial charge in [0.25, 0.3) is 5.91 Å². The van der Waals surface area contributed by atoms with Crippen LogP contribution in [-0.4, -0.2) is 28.5 Å². The van der Waals surface area contributed by atoms with Gasteiger partial charge in [-0.3, -0.25) is 4.79 Å². The minimum atomic E-state index is -0.131. The van der Waals surface area contributed by atoms with E-state index in [4.69, 9.17) is 0 Å². The van der Waals surface area contributed by atoms with Crippen LogP contribution in [0.15, 0.2) is 12.4 Å². The van der Waals surface area contributed by atoms with Gasteiger partial charge in [-0.05, 0) is 18.8 Å². The SMILES string of the molecule is CCCNc1cnc(C(=O)NC2CC2C)cn1. The number of nitrogens with zero attached hydrogens (tertiary/aromatic N) is 2. The summed E-state index contributed by atoms with van der Waals surface area (Å²) in [5, 5.41) is 6.04. The molecule has 1 amide bonds. The highest BCUT2D eigenvalue weighted by Crippen LogP contribution is 2.29. The first-order valence-corrected chi connectivity index (χ1v) is 6.07. The zero-order chi connectivity index (χ0) is 12.3. The van der Waals surface area contributed by atoms with E-state index in [1.54, 1.807) is 6.20 Å². The van der Waals surface area contributed by atoms with Crippen molar-refractivity contribution in [1.29, 1.82) is 0 Å². The third-order valence-corrected chi connectivity index (χ3v) is 2.87. The maximum absolute atomic E-state index is 11.7. The van der Waals surface area contributed by atoms with Crippen LogP contribution in [-0.2, 0) is 0 Å². The summed E-state index contributed by atoms with van der Waals surface area (Å²) in [6.07, 6.45) is 5.21. The maximum Gasteiger partial charge on any atom is 0.271 e. The molecule has 0 bridgehead atoms. The van der Waals surface area contributed by atoms with E-state index in [-0.39, 0.29) is 5.91 Å². The molecule has 0 spiro atoms. The Morgan fingerprint density at radius 1 is 1.47 bits per heavy atom. The van der Waals surface area contributed by atoms with E-state index < -0.39 is 0 Å². The van der Waals surface area contributed by atoms with Crippen LogP contribution in [0.4, 0.5) is 5.82 Å². The van der Waals surface area contributed by atoms with Gasteiger partial charge in [0.15, 0.2) is 0 Å². The van der Waals surface area contributed by atoms with Gasteiger partial charge in [0.05, 0.1) is 12.4 Å². The number of rotatable bonds is 5. The molecule has 1 heterocycles. The van der Waals surface area contributed by atoms with Crippen LogP contribution < -0.4 is 10.6 Å². The van der Waals surface area contributed by atoms with Crippen LogP contribution in [0.5, 0.6) is 0 Å². The molecule has 5 nitrogen and oxygen atoms in total. The highest BCUT2D eigenvalue weighted by atomic mass is 16.2. The van der Waals surface area contributed by atoms with Gasteiger partial charge >= 0.3 is 0 Å². The third-order valence-electron chi connectivity index (χ3n) is 2.87. The lowest BCUT2D eigenvalue weighted by atomic mass is 10.4. The van der Waals surface area contributed by atoms with E-state index in [2.05, 4.69) is 34.4 Å². The highest BCUT2D eigenvalue weighted by Gasteiger charge is 2.34. The van der Waals surface area contributed by atoms with Crippen molar-refractivity contribution >= 4 is 11.7 Å². The molecule has 1 aromatic rings. The number of nitrogens with one attached hydrogen (secondary N) is 2. The molecule has 92 valence electrons. The summed E-state index contributed by atoms with van der Waals surface area (Å²) in [4.78, 5) is 20.0. The van der Waals surface area contributed by atoms with Crippen molar-refractivity contribution in [3.8, 4) is 0 Å². The Kier molecular flexibility index (Phi) is 3.56. The van der Waals surface area contributed by atoms with Gasteiger partial charge < -0.3 is 10.6 Å².